The van der Waals surface area contributed by atoms with Crippen LogP contribution >= 0.6 is 11.6 Å². The summed E-state index contributed by atoms with van der Waals surface area (Å²) in [4.78, 5) is 12.3. The molecule has 0 spiro atoms. The van der Waals surface area contributed by atoms with Crippen molar-refractivity contribution in [3.63, 3.8) is 0 Å². The van der Waals surface area contributed by atoms with E-state index in [0.717, 1.165) is 19.3 Å². The van der Waals surface area contributed by atoms with Crippen molar-refractivity contribution in [2.75, 3.05) is 25.0 Å². The van der Waals surface area contributed by atoms with Crippen LogP contribution in [-0.2, 0) is 14.8 Å². The van der Waals surface area contributed by atoms with E-state index in [9.17, 15) is 13.2 Å². The van der Waals surface area contributed by atoms with Crippen molar-refractivity contribution < 1.29 is 13.2 Å². The number of sulfonamides is 1. The third kappa shape index (κ3) is 3.91. The second-order valence-electron chi connectivity index (χ2n) is 6.32. The SMILES string of the molecule is O=C(Nc1ccc(Cl)cc1)C1CC(S(=O)(=O)N2CCCCC2)CN1. The lowest BCUT2D eigenvalue weighted by molar-refractivity contribution is -0.117. The molecule has 2 aliphatic heterocycles. The number of halogens is 1. The van der Waals surface area contributed by atoms with Gasteiger partial charge in [-0.05, 0) is 43.5 Å². The number of piperidine rings is 1. The predicted molar refractivity (Wildman–Crippen MR) is 94.6 cm³/mol. The van der Waals surface area contributed by atoms with E-state index in [1.165, 1.54) is 0 Å². The van der Waals surface area contributed by atoms with Crippen LogP contribution in [0.3, 0.4) is 0 Å². The number of anilines is 1. The molecule has 0 radical (unpaired) electrons. The van der Waals surface area contributed by atoms with Gasteiger partial charge in [0.1, 0.15) is 0 Å². The summed E-state index contributed by atoms with van der Waals surface area (Å²) in [7, 11) is -3.33. The van der Waals surface area contributed by atoms with E-state index in [1.54, 1.807) is 28.6 Å². The Morgan fingerprint density at radius 2 is 1.83 bits per heavy atom. The molecule has 0 aromatic heterocycles. The fraction of sp³-hybridized carbons (Fsp3) is 0.562. The van der Waals surface area contributed by atoms with Gasteiger partial charge in [-0.1, -0.05) is 18.0 Å². The number of rotatable bonds is 4. The Bertz CT molecular complexity index is 687. The summed E-state index contributed by atoms with van der Waals surface area (Å²) in [6, 6.07) is 6.34. The molecule has 2 fully saturated rings. The first-order valence-electron chi connectivity index (χ1n) is 8.25. The maximum absolute atomic E-state index is 12.7. The van der Waals surface area contributed by atoms with E-state index >= 15 is 0 Å². The molecule has 6 nitrogen and oxygen atoms in total. The molecule has 2 aliphatic rings. The monoisotopic (exact) mass is 371 g/mol. The number of benzene rings is 1. The van der Waals surface area contributed by atoms with Crippen LogP contribution in [-0.4, -0.2) is 49.6 Å². The number of nitrogens with zero attached hydrogens (tertiary/aromatic N) is 1. The molecule has 2 atom stereocenters. The lowest BCUT2D eigenvalue weighted by atomic mass is 10.2. The quantitative estimate of drug-likeness (QED) is 0.846. The minimum absolute atomic E-state index is 0.214. The van der Waals surface area contributed by atoms with E-state index in [2.05, 4.69) is 10.6 Å². The van der Waals surface area contributed by atoms with E-state index in [0.29, 0.717) is 36.8 Å². The Kier molecular flexibility index (Phi) is 5.44. The molecule has 2 unspecified atom stereocenters. The van der Waals surface area contributed by atoms with Crippen LogP contribution in [0.25, 0.3) is 0 Å². The Balaban J connectivity index is 1.60. The topological polar surface area (TPSA) is 78.5 Å². The molecule has 1 amide bonds. The third-order valence-corrected chi connectivity index (χ3v) is 7.15. The van der Waals surface area contributed by atoms with Crippen LogP contribution in [0, 0.1) is 0 Å². The summed E-state index contributed by atoms with van der Waals surface area (Å²) < 4.78 is 27.0. The second kappa shape index (κ2) is 7.39. The Hall–Kier alpha value is -1.15. The number of hydrogen-bond donors (Lipinski definition) is 2. The van der Waals surface area contributed by atoms with Gasteiger partial charge in [-0.15, -0.1) is 0 Å². The zero-order valence-corrected chi connectivity index (χ0v) is 14.9. The minimum Gasteiger partial charge on any atom is -0.325 e. The highest BCUT2D eigenvalue weighted by Crippen LogP contribution is 2.23. The summed E-state index contributed by atoms with van der Waals surface area (Å²) in [6.07, 6.45) is 3.22. The Labute approximate surface area is 147 Å². The molecule has 132 valence electrons. The third-order valence-electron chi connectivity index (χ3n) is 4.61. The summed E-state index contributed by atoms with van der Waals surface area (Å²) in [5, 5.41) is 5.90. The highest BCUT2D eigenvalue weighted by atomic mass is 35.5. The van der Waals surface area contributed by atoms with Crippen LogP contribution in [0.1, 0.15) is 25.7 Å². The number of carbonyl (C=O) groups excluding carboxylic acids is 1. The van der Waals surface area contributed by atoms with Crippen LogP contribution in [0.5, 0.6) is 0 Å². The van der Waals surface area contributed by atoms with E-state index in [4.69, 9.17) is 11.6 Å². The highest BCUT2D eigenvalue weighted by molar-refractivity contribution is 7.89. The zero-order chi connectivity index (χ0) is 17.2. The molecule has 3 rings (SSSR count). The van der Waals surface area contributed by atoms with E-state index in [-0.39, 0.29) is 5.91 Å². The molecule has 2 heterocycles. The molecule has 0 saturated carbocycles. The molecule has 8 heteroatoms. The number of carbonyl (C=O) groups is 1. The van der Waals surface area contributed by atoms with Crippen molar-refractivity contribution in [3.8, 4) is 0 Å². The first kappa shape index (κ1) is 17.7. The van der Waals surface area contributed by atoms with Gasteiger partial charge in [0.25, 0.3) is 0 Å². The smallest absolute Gasteiger partial charge is 0.241 e. The van der Waals surface area contributed by atoms with Gasteiger partial charge in [-0.3, -0.25) is 4.79 Å². The zero-order valence-electron chi connectivity index (χ0n) is 13.4. The summed E-state index contributed by atoms with van der Waals surface area (Å²) >= 11 is 5.82. The van der Waals surface area contributed by atoms with E-state index < -0.39 is 21.3 Å². The second-order valence-corrected chi connectivity index (χ2v) is 8.97. The van der Waals surface area contributed by atoms with Gasteiger partial charge in [-0.25, -0.2) is 12.7 Å². The Morgan fingerprint density at radius 1 is 1.17 bits per heavy atom. The Morgan fingerprint density at radius 3 is 2.50 bits per heavy atom. The molecule has 1 aromatic carbocycles. The lowest BCUT2D eigenvalue weighted by Gasteiger charge is -2.28. The van der Waals surface area contributed by atoms with Gasteiger partial charge in [-0.2, -0.15) is 0 Å². The van der Waals surface area contributed by atoms with Gasteiger partial charge >= 0.3 is 0 Å². The number of amides is 1. The fourth-order valence-corrected chi connectivity index (χ4v) is 5.28. The summed E-state index contributed by atoms with van der Waals surface area (Å²) in [5.41, 5.74) is 0.647. The van der Waals surface area contributed by atoms with Crippen molar-refractivity contribution in [1.82, 2.24) is 9.62 Å². The average molecular weight is 372 g/mol. The standard InChI is InChI=1S/C16H22ClN3O3S/c17-12-4-6-13(7-5-12)19-16(21)15-10-14(11-18-15)24(22,23)20-8-2-1-3-9-20/h4-7,14-15,18H,1-3,8-11H2,(H,19,21). The summed E-state index contributed by atoms with van der Waals surface area (Å²) in [6.45, 7) is 1.51. The first-order valence-corrected chi connectivity index (χ1v) is 10.1. The van der Waals surface area contributed by atoms with Gasteiger partial charge in [0.05, 0.1) is 11.3 Å². The van der Waals surface area contributed by atoms with Crippen molar-refractivity contribution in [2.24, 2.45) is 0 Å². The molecular weight excluding hydrogens is 350 g/mol. The van der Waals surface area contributed by atoms with Gasteiger partial charge in [0.2, 0.25) is 15.9 Å². The van der Waals surface area contributed by atoms with Crippen molar-refractivity contribution in [1.29, 1.82) is 0 Å². The molecule has 2 saturated heterocycles. The van der Waals surface area contributed by atoms with Crippen molar-refractivity contribution >= 4 is 33.2 Å². The molecule has 1 aromatic rings. The number of hydrogen-bond acceptors (Lipinski definition) is 4. The van der Waals surface area contributed by atoms with Gasteiger partial charge in [0, 0.05) is 30.3 Å². The summed E-state index contributed by atoms with van der Waals surface area (Å²) in [5.74, 6) is -0.214. The molecule has 0 bridgehead atoms. The largest absolute Gasteiger partial charge is 0.325 e. The minimum atomic E-state index is -3.33. The highest BCUT2D eigenvalue weighted by Gasteiger charge is 2.40. The number of nitrogens with one attached hydrogen (secondary N) is 2. The van der Waals surface area contributed by atoms with Crippen LogP contribution < -0.4 is 10.6 Å². The maximum atomic E-state index is 12.7. The first-order chi connectivity index (χ1) is 11.5. The predicted octanol–water partition coefficient (Wildman–Crippen LogP) is 1.82. The normalized spacial score (nSPS) is 25.5. The van der Waals surface area contributed by atoms with Gasteiger partial charge in [0.15, 0.2) is 0 Å². The maximum Gasteiger partial charge on any atom is 0.241 e. The van der Waals surface area contributed by atoms with Crippen LogP contribution in [0.15, 0.2) is 24.3 Å². The average Bonchev–Trinajstić information content (AvgIpc) is 3.09. The van der Waals surface area contributed by atoms with Crippen molar-refractivity contribution in [3.05, 3.63) is 29.3 Å². The lowest BCUT2D eigenvalue weighted by Crippen LogP contribution is -2.42. The molecule has 24 heavy (non-hydrogen) atoms. The van der Waals surface area contributed by atoms with Gasteiger partial charge < -0.3 is 10.6 Å². The molecular formula is C16H22ClN3O3S. The van der Waals surface area contributed by atoms with Crippen LogP contribution in [0.4, 0.5) is 5.69 Å². The van der Waals surface area contributed by atoms with Crippen molar-refractivity contribution in [2.45, 2.75) is 37.0 Å². The van der Waals surface area contributed by atoms with Crippen LogP contribution in [0.2, 0.25) is 5.02 Å². The van der Waals surface area contributed by atoms with E-state index in [1.807, 2.05) is 0 Å². The fourth-order valence-electron chi connectivity index (χ4n) is 3.22. The molecule has 2 N–H and O–H groups in total. The molecule has 0 aliphatic carbocycles.